The van der Waals surface area contributed by atoms with Gasteiger partial charge in [-0.05, 0) is 43.1 Å². The monoisotopic (exact) mass is 272 g/mol. The molecule has 110 valence electrons. The van der Waals surface area contributed by atoms with E-state index in [1.165, 1.54) is 67.0 Å². The van der Waals surface area contributed by atoms with Crippen LogP contribution >= 0.6 is 0 Å². The van der Waals surface area contributed by atoms with Crippen molar-refractivity contribution in [1.29, 1.82) is 0 Å². The van der Waals surface area contributed by atoms with Gasteiger partial charge in [0.25, 0.3) is 0 Å². The molecule has 0 bridgehead atoms. The van der Waals surface area contributed by atoms with Gasteiger partial charge in [0.2, 0.25) is 0 Å². The molecule has 0 unspecified atom stereocenters. The maximum absolute atomic E-state index is 3.35. The van der Waals surface area contributed by atoms with Gasteiger partial charge in [-0.3, -0.25) is 0 Å². The SMILES string of the molecule is CCCCCCCCc1ccc2[nH]cc(CNC)c2c1. The molecule has 1 heterocycles. The van der Waals surface area contributed by atoms with Gasteiger partial charge in [0, 0.05) is 23.6 Å². The summed E-state index contributed by atoms with van der Waals surface area (Å²) in [6, 6.07) is 6.86. The quantitative estimate of drug-likeness (QED) is 0.631. The molecular weight excluding hydrogens is 244 g/mol. The fourth-order valence-corrected chi connectivity index (χ4v) is 2.83. The lowest BCUT2D eigenvalue weighted by Crippen LogP contribution is -2.04. The third-order valence-corrected chi connectivity index (χ3v) is 4.02. The average Bonchev–Trinajstić information content (AvgIpc) is 2.86. The Balaban J connectivity index is 1.88. The number of rotatable bonds is 9. The van der Waals surface area contributed by atoms with Crippen LogP contribution in [0, 0.1) is 0 Å². The molecule has 0 atom stereocenters. The third-order valence-electron chi connectivity index (χ3n) is 4.02. The summed E-state index contributed by atoms with van der Waals surface area (Å²) in [7, 11) is 2.00. The lowest BCUT2D eigenvalue weighted by Gasteiger charge is -2.04. The van der Waals surface area contributed by atoms with E-state index in [1.54, 1.807) is 0 Å². The van der Waals surface area contributed by atoms with Crippen molar-refractivity contribution in [3.05, 3.63) is 35.5 Å². The predicted octanol–water partition coefficient (Wildman–Crippen LogP) is 4.79. The van der Waals surface area contributed by atoms with Crippen LogP contribution in [0.4, 0.5) is 0 Å². The van der Waals surface area contributed by atoms with Crippen molar-refractivity contribution in [1.82, 2.24) is 10.3 Å². The molecule has 0 saturated heterocycles. The summed E-state index contributed by atoms with van der Waals surface area (Å²) < 4.78 is 0. The van der Waals surface area contributed by atoms with Crippen LogP contribution in [0.25, 0.3) is 10.9 Å². The Morgan fingerprint density at radius 3 is 2.65 bits per heavy atom. The molecule has 0 spiro atoms. The molecular formula is C18H28N2. The molecule has 0 radical (unpaired) electrons. The van der Waals surface area contributed by atoms with Gasteiger partial charge < -0.3 is 10.3 Å². The summed E-state index contributed by atoms with van der Waals surface area (Å²) >= 11 is 0. The number of hydrogen-bond acceptors (Lipinski definition) is 1. The topological polar surface area (TPSA) is 27.8 Å². The van der Waals surface area contributed by atoms with Gasteiger partial charge in [-0.2, -0.15) is 0 Å². The minimum Gasteiger partial charge on any atom is -0.361 e. The van der Waals surface area contributed by atoms with Gasteiger partial charge in [-0.1, -0.05) is 45.1 Å². The number of aromatic amines is 1. The second-order valence-corrected chi connectivity index (χ2v) is 5.74. The van der Waals surface area contributed by atoms with E-state index in [0.29, 0.717) is 0 Å². The zero-order chi connectivity index (χ0) is 14.2. The summed E-state index contributed by atoms with van der Waals surface area (Å²) in [6.07, 6.45) is 11.5. The van der Waals surface area contributed by atoms with Crippen LogP contribution in [0.3, 0.4) is 0 Å². The van der Waals surface area contributed by atoms with Crippen LogP contribution in [0.1, 0.15) is 56.6 Å². The van der Waals surface area contributed by atoms with E-state index >= 15 is 0 Å². The van der Waals surface area contributed by atoms with Crippen molar-refractivity contribution in [3.8, 4) is 0 Å². The van der Waals surface area contributed by atoms with Gasteiger partial charge in [-0.15, -0.1) is 0 Å². The van der Waals surface area contributed by atoms with Crippen LogP contribution in [-0.2, 0) is 13.0 Å². The zero-order valence-corrected chi connectivity index (χ0v) is 13.0. The predicted molar refractivity (Wildman–Crippen MR) is 88.1 cm³/mol. The first-order valence-electron chi connectivity index (χ1n) is 8.08. The van der Waals surface area contributed by atoms with Crippen LogP contribution in [0.15, 0.2) is 24.4 Å². The standard InChI is InChI=1S/C18H28N2/c1-3-4-5-6-7-8-9-15-10-11-18-17(12-15)16(13-19-2)14-20-18/h10-12,14,19-20H,3-9,13H2,1-2H3. The average molecular weight is 272 g/mol. The molecule has 0 fully saturated rings. The number of fused-ring (bicyclic) bond motifs is 1. The van der Waals surface area contributed by atoms with Gasteiger partial charge in [0.05, 0.1) is 0 Å². The van der Waals surface area contributed by atoms with Gasteiger partial charge in [-0.25, -0.2) is 0 Å². The Hall–Kier alpha value is -1.28. The molecule has 0 aliphatic heterocycles. The molecule has 1 aromatic heterocycles. The van der Waals surface area contributed by atoms with Crippen molar-refractivity contribution in [2.75, 3.05) is 7.05 Å². The Morgan fingerprint density at radius 2 is 1.85 bits per heavy atom. The highest BCUT2D eigenvalue weighted by Crippen LogP contribution is 2.21. The molecule has 0 amide bonds. The van der Waals surface area contributed by atoms with Gasteiger partial charge >= 0.3 is 0 Å². The molecule has 2 aromatic rings. The first-order chi connectivity index (χ1) is 9.85. The van der Waals surface area contributed by atoms with E-state index in [1.807, 2.05) is 7.05 Å². The summed E-state index contributed by atoms with van der Waals surface area (Å²) in [5, 5.41) is 4.61. The molecule has 2 N–H and O–H groups in total. The fourth-order valence-electron chi connectivity index (χ4n) is 2.83. The molecule has 1 aromatic carbocycles. The number of nitrogens with one attached hydrogen (secondary N) is 2. The molecule has 0 saturated carbocycles. The molecule has 0 aliphatic carbocycles. The van der Waals surface area contributed by atoms with E-state index in [2.05, 4.69) is 41.6 Å². The number of aryl methyl sites for hydroxylation is 1. The van der Waals surface area contributed by atoms with E-state index in [4.69, 9.17) is 0 Å². The number of aromatic nitrogens is 1. The molecule has 2 nitrogen and oxygen atoms in total. The molecule has 20 heavy (non-hydrogen) atoms. The third kappa shape index (κ3) is 4.11. The number of hydrogen-bond donors (Lipinski definition) is 2. The normalized spacial score (nSPS) is 11.3. The first kappa shape index (κ1) is 15.1. The summed E-state index contributed by atoms with van der Waals surface area (Å²) in [4.78, 5) is 3.35. The van der Waals surface area contributed by atoms with Crippen molar-refractivity contribution in [2.24, 2.45) is 0 Å². The summed E-state index contributed by atoms with van der Waals surface area (Å²) in [6.45, 7) is 3.20. The van der Waals surface area contributed by atoms with Crippen LogP contribution in [0.5, 0.6) is 0 Å². The maximum Gasteiger partial charge on any atom is 0.0457 e. The Labute approximate surface area is 123 Å². The molecule has 2 heteroatoms. The van der Waals surface area contributed by atoms with E-state index in [-0.39, 0.29) is 0 Å². The van der Waals surface area contributed by atoms with Crippen LogP contribution < -0.4 is 5.32 Å². The minimum absolute atomic E-state index is 0.931. The summed E-state index contributed by atoms with van der Waals surface area (Å²) in [5.41, 5.74) is 4.10. The van der Waals surface area contributed by atoms with Crippen molar-refractivity contribution < 1.29 is 0 Å². The summed E-state index contributed by atoms with van der Waals surface area (Å²) in [5.74, 6) is 0. The Bertz CT molecular complexity index is 513. The maximum atomic E-state index is 3.35. The number of H-pyrrole nitrogens is 1. The lowest BCUT2D eigenvalue weighted by atomic mass is 10.0. The smallest absolute Gasteiger partial charge is 0.0457 e. The lowest BCUT2D eigenvalue weighted by molar-refractivity contribution is 0.607. The number of unbranched alkanes of at least 4 members (excludes halogenated alkanes) is 5. The fraction of sp³-hybridized carbons (Fsp3) is 0.556. The molecule has 2 rings (SSSR count). The second-order valence-electron chi connectivity index (χ2n) is 5.74. The van der Waals surface area contributed by atoms with Crippen molar-refractivity contribution in [3.63, 3.8) is 0 Å². The highest BCUT2D eigenvalue weighted by molar-refractivity contribution is 5.83. The molecule has 0 aliphatic rings. The van der Waals surface area contributed by atoms with Gasteiger partial charge in [0.15, 0.2) is 0 Å². The Kier molecular flexibility index (Phi) is 6.13. The van der Waals surface area contributed by atoms with Crippen molar-refractivity contribution >= 4 is 10.9 Å². The Morgan fingerprint density at radius 1 is 1.05 bits per heavy atom. The van der Waals surface area contributed by atoms with E-state index < -0.39 is 0 Å². The van der Waals surface area contributed by atoms with E-state index in [9.17, 15) is 0 Å². The largest absolute Gasteiger partial charge is 0.361 e. The van der Waals surface area contributed by atoms with Crippen LogP contribution in [0.2, 0.25) is 0 Å². The first-order valence-corrected chi connectivity index (χ1v) is 8.08. The zero-order valence-electron chi connectivity index (χ0n) is 13.0. The van der Waals surface area contributed by atoms with E-state index in [0.717, 1.165) is 6.54 Å². The highest BCUT2D eigenvalue weighted by atomic mass is 14.8. The number of benzene rings is 1. The van der Waals surface area contributed by atoms with Crippen molar-refractivity contribution in [2.45, 2.75) is 58.4 Å². The minimum atomic E-state index is 0.931. The highest BCUT2D eigenvalue weighted by Gasteiger charge is 2.04. The van der Waals surface area contributed by atoms with Crippen LogP contribution in [-0.4, -0.2) is 12.0 Å². The van der Waals surface area contributed by atoms with Gasteiger partial charge in [0.1, 0.15) is 0 Å². The second kappa shape index (κ2) is 8.11.